The number of aromatic nitrogens is 2. The number of halogens is 2. The second-order valence-corrected chi connectivity index (χ2v) is 7.66. The molecule has 2 aromatic carbocycles. The van der Waals surface area contributed by atoms with Crippen molar-refractivity contribution in [3.8, 4) is 6.07 Å². The number of carbonyl (C=O) groups excluding carboxylic acids is 1. The summed E-state index contributed by atoms with van der Waals surface area (Å²) in [5.41, 5.74) is 1.90. The van der Waals surface area contributed by atoms with Crippen molar-refractivity contribution in [2.45, 2.75) is 38.8 Å². The van der Waals surface area contributed by atoms with Gasteiger partial charge in [0, 0.05) is 0 Å². The number of hydrogen-bond acceptors (Lipinski definition) is 3. The minimum atomic E-state index is -0.590. The lowest BCUT2D eigenvalue weighted by Gasteiger charge is -2.19. The van der Waals surface area contributed by atoms with Gasteiger partial charge in [0.1, 0.15) is 12.1 Å². The number of rotatable bonds is 5. The molecule has 1 atom stereocenters. The highest BCUT2D eigenvalue weighted by atomic mass is 35.5. The normalized spacial score (nSPS) is 12.6. The van der Waals surface area contributed by atoms with E-state index in [-0.39, 0.29) is 29.0 Å². The second-order valence-electron chi connectivity index (χ2n) is 7.25. The number of imidazole rings is 1. The van der Waals surface area contributed by atoms with Crippen LogP contribution in [0.3, 0.4) is 0 Å². The highest BCUT2D eigenvalue weighted by molar-refractivity contribution is 6.31. The zero-order chi connectivity index (χ0) is 20.5. The Balaban J connectivity index is 1.72. The molecule has 0 saturated heterocycles. The van der Waals surface area contributed by atoms with Crippen molar-refractivity contribution in [3.63, 3.8) is 0 Å². The first-order valence-electron chi connectivity index (χ1n) is 8.83. The van der Waals surface area contributed by atoms with Crippen LogP contribution in [0.2, 0.25) is 5.02 Å². The molecule has 28 heavy (non-hydrogen) atoms. The van der Waals surface area contributed by atoms with Gasteiger partial charge < -0.3 is 9.88 Å². The molecule has 1 heterocycles. The molecule has 0 aliphatic rings. The number of hydrogen-bond donors (Lipinski definition) is 1. The molecule has 144 valence electrons. The standard InChI is InChI=1S/C21H20ClFN4O/c1-13(14-4-6-15(7-5-14)21(2,3)11-24)26-18(28)10-27-12-25-17-9-8-16(22)19(23)20(17)27/h4-9,12-13H,10H2,1-3H3,(H,26,28)/t13-/m0/s1. The van der Waals surface area contributed by atoms with Gasteiger partial charge in [0.15, 0.2) is 5.82 Å². The van der Waals surface area contributed by atoms with Crippen molar-refractivity contribution in [1.29, 1.82) is 5.26 Å². The molecule has 1 N–H and O–H groups in total. The molecule has 0 bridgehead atoms. The Morgan fingerprint density at radius 2 is 2.00 bits per heavy atom. The van der Waals surface area contributed by atoms with Gasteiger partial charge in [-0.1, -0.05) is 35.9 Å². The molecular weight excluding hydrogens is 379 g/mol. The molecule has 0 fully saturated rings. The zero-order valence-electron chi connectivity index (χ0n) is 15.8. The van der Waals surface area contributed by atoms with Crippen LogP contribution in [0.25, 0.3) is 11.0 Å². The molecule has 7 heteroatoms. The van der Waals surface area contributed by atoms with E-state index in [0.29, 0.717) is 5.52 Å². The quantitative estimate of drug-likeness (QED) is 0.687. The Labute approximate surface area is 167 Å². The molecule has 5 nitrogen and oxygen atoms in total. The number of nitriles is 1. The fraction of sp³-hybridized carbons (Fsp3) is 0.286. The molecule has 3 rings (SSSR count). The second kappa shape index (κ2) is 7.61. The third-order valence-corrected chi connectivity index (χ3v) is 5.07. The highest BCUT2D eigenvalue weighted by Gasteiger charge is 2.20. The van der Waals surface area contributed by atoms with Gasteiger partial charge in [-0.25, -0.2) is 9.37 Å². The minimum absolute atomic E-state index is 0.0107. The van der Waals surface area contributed by atoms with Crippen molar-refractivity contribution in [2.75, 3.05) is 0 Å². The topological polar surface area (TPSA) is 70.7 Å². The fourth-order valence-corrected chi connectivity index (χ4v) is 3.15. The number of amides is 1. The van der Waals surface area contributed by atoms with E-state index in [1.807, 2.05) is 45.0 Å². The monoisotopic (exact) mass is 398 g/mol. The maximum atomic E-state index is 14.3. The number of carbonyl (C=O) groups is 1. The number of nitrogens with zero attached hydrogens (tertiary/aromatic N) is 3. The fourth-order valence-electron chi connectivity index (χ4n) is 2.99. The van der Waals surface area contributed by atoms with Crippen LogP contribution in [0.1, 0.15) is 37.9 Å². The molecule has 3 aromatic rings. The first-order chi connectivity index (χ1) is 13.2. The van der Waals surface area contributed by atoms with E-state index in [4.69, 9.17) is 11.6 Å². The van der Waals surface area contributed by atoms with Crippen LogP contribution in [0.5, 0.6) is 0 Å². The predicted molar refractivity (Wildman–Crippen MR) is 106 cm³/mol. The Kier molecular flexibility index (Phi) is 5.39. The maximum absolute atomic E-state index is 14.3. The molecule has 0 aliphatic heterocycles. The van der Waals surface area contributed by atoms with Crippen molar-refractivity contribution in [3.05, 3.63) is 64.7 Å². The summed E-state index contributed by atoms with van der Waals surface area (Å²) in [5, 5.41) is 12.1. The first kappa shape index (κ1) is 19.8. The average molecular weight is 399 g/mol. The Morgan fingerprint density at radius 3 is 2.64 bits per heavy atom. The Hall–Kier alpha value is -2.91. The van der Waals surface area contributed by atoms with Gasteiger partial charge in [-0.3, -0.25) is 4.79 Å². The van der Waals surface area contributed by atoms with Crippen LogP contribution < -0.4 is 5.32 Å². The summed E-state index contributed by atoms with van der Waals surface area (Å²) in [4.78, 5) is 16.6. The van der Waals surface area contributed by atoms with Gasteiger partial charge in [-0.05, 0) is 44.0 Å². The lowest BCUT2D eigenvalue weighted by Crippen LogP contribution is -2.30. The number of fused-ring (bicyclic) bond motifs is 1. The van der Waals surface area contributed by atoms with E-state index < -0.39 is 11.2 Å². The van der Waals surface area contributed by atoms with Gasteiger partial charge in [-0.2, -0.15) is 5.26 Å². The Bertz CT molecular complexity index is 1070. The molecule has 0 saturated carbocycles. The van der Waals surface area contributed by atoms with E-state index >= 15 is 0 Å². The summed E-state index contributed by atoms with van der Waals surface area (Å²) in [6.45, 7) is 5.51. The van der Waals surface area contributed by atoms with Crippen LogP contribution in [0.15, 0.2) is 42.7 Å². The third-order valence-electron chi connectivity index (χ3n) is 4.77. The van der Waals surface area contributed by atoms with Gasteiger partial charge >= 0.3 is 0 Å². The van der Waals surface area contributed by atoms with Crippen molar-refractivity contribution >= 4 is 28.5 Å². The molecular formula is C21H20ClFN4O. The first-order valence-corrected chi connectivity index (χ1v) is 9.20. The lowest BCUT2D eigenvalue weighted by molar-refractivity contribution is -0.122. The van der Waals surface area contributed by atoms with E-state index in [9.17, 15) is 14.4 Å². The maximum Gasteiger partial charge on any atom is 0.240 e. The largest absolute Gasteiger partial charge is 0.348 e. The van der Waals surface area contributed by atoms with Crippen LogP contribution in [-0.4, -0.2) is 15.5 Å². The summed E-state index contributed by atoms with van der Waals surface area (Å²) in [6.07, 6.45) is 1.42. The molecule has 0 aliphatic carbocycles. The van der Waals surface area contributed by atoms with Crippen LogP contribution in [-0.2, 0) is 16.8 Å². The minimum Gasteiger partial charge on any atom is -0.348 e. The predicted octanol–water partition coefficient (Wildman–Crippen LogP) is 4.51. The SMILES string of the molecule is C[C@H](NC(=O)Cn1cnc2ccc(Cl)c(F)c21)c1ccc(C(C)(C)C#N)cc1. The van der Waals surface area contributed by atoms with Crippen LogP contribution in [0, 0.1) is 17.1 Å². The zero-order valence-corrected chi connectivity index (χ0v) is 16.6. The summed E-state index contributed by atoms with van der Waals surface area (Å²) in [6, 6.07) is 12.7. The average Bonchev–Trinajstić information content (AvgIpc) is 3.08. The van der Waals surface area contributed by atoms with E-state index in [2.05, 4.69) is 16.4 Å². The molecule has 0 radical (unpaired) electrons. The van der Waals surface area contributed by atoms with E-state index in [1.54, 1.807) is 6.07 Å². The van der Waals surface area contributed by atoms with E-state index in [0.717, 1.165) is 11.1 Å². The Morgan fingerprint density at radius 1 is 1.32 bits per heavy atom. The summed E-state index contributed by atoms with van der Waals surface area (Å²) >= 11 is 5.84. The van der Waals surface area contributed by atoms with Gasteiger partial charge in [-0.15, -0.1) is 0 Å². The summed E-state index contributed by atoms with van der Waals surface area (Å²) in [5.74, 6) is -0.860. The highest BCUT2D eigenvalue weighted by Crippen LogP contribution is 2.25. The smallest absolute Gasteiger partial charge is 0.240 e. The van der Waals surface area contributed by atoms with Crippen LogP contribution >= 0.6 is 11.6 Å². The molecule has 1 aromatic heterocycles. The number of nitrogens with one attached hydrogen (secondary N) is 1. The summed E-state index contributed by atoms with van der Waals surface area (Å²) < 4.78 is 15.7. The molecule has 0 unspecified atom stereocenters. The third kappa shape index (κ3) is 3.85. The molecule has 0 spiro atoms. The number of benzene rings is 2. The van der Waals surface area contributed by atoms with Crippen molar-refractivity contribution in [2.24, 2.45) is 0 Å². The van der Waals surface area contributed by atoms with E-state index in [1.165, 1.54) is 17.0 Å². The van der Waals surface area contributed by atoms with Gasteiger partial charge in [0.25, 0.3) is 0 Å². The van der Waals surface area contributed by atoms with Crippen molar-refractivity contribution < 1.29 is 9.18 Å². The van der Waals surface area contributed by atoms with Crippen LogP contribution in [0.4, 0.5) is 4.39 Å². The molecule has 1 amide bonds. The lowest BCUT2D eigenvalue weighted by atomic mass is 9.85. The van der Waals surface area contributed by atoms with Gasteiger partial charge in [0.2, 0.25) is 5.91 Å². The summed E-state index contributed by atoms with van der Waals surface area (Å²) in [7, 11) is 0. The van der Waals surface area contributed by atoms with Gasteiger partial charge in [0.05, 0.1) is 34.4 Å². The van der Waals surface area contributed by atoms with Crippen molar-refractivity contribution in [1.82, 2.24) is 14.9 Å².